The van der Waals surface area contributed by atoms with Crippen molar-refractivity contribution in [1.82, 2.24) is 0 Å². The number of ether oxygens (including phenoxy) is 2. The molecule has 1 aromatic carbocycles. The third-order valence-electron chi connectivity index (χ3n) is 1.70. The predicted octanol–water partition coefficient (Wildman–Crippen LogP) is 3.77. The zero-order valence-corrected chi connectivity index (χ0v) is 12.8. The van der Waals surface area contributed by atoms with Gasteiger partial charge in [-0.2, -0.15) is 0 Å². The molecule has 5 heteroatoms. The van der Waals surface area contributed by atoms with Crippen molar-refractivity contribution in [2.45, 2.75) is 20.3 Å². The van der Waals surface area contributed by atoms with Crippen LogP contribution in [0.5, 0.6) is 11.5 Å². The highest BCUT2D eigenvalue weighted by Gasteiger charge is 2.10. The highest BCUT2D eigenvalue weighted by molar-refractivity contribution is 14.1. The maximum atomic E-state index is 10.9. The lowest BCUT2D eigenvalue weighted by Crippen LogP contribution is -2.04. The number of benzene rings is 1. The molecular formula is C11H12BrIO3. The van der Waals surface area contributed by atoms with Crippen molar-refractivity contribution in [3.05, 3.63) is 20.2 Å². The van der Waals surface area contributed by atoms with Crippen LogP contribution in [-0.2, 0) is 4.79 Å². The first-order chi connectivity index (χ1) is 7.54. The Kier molecular flexibility index (Phi) is 5.54. The van der Waals surface area contributed by atoms with E-state index in [9.17, 15) is 4.79 Å². The van der Waals surface area contributed by atoms with Gasteiger partial charge in [0.05, 0.1) is 14.6 Å². The van der Waals surface area contributed by atoms with Crippen LogP contribution < -0.4 is 9.47 Å². The van der Waals surface area contributed by atoms with Gasteiger partial charge in [0.25, 0.3) is 0 Å². The molecule has 0 unspecified atom stereocenters. The molecular weight excluding hydrogens is 387 g/mol. The zero-order valence-electron chi connectivity index (χ0n) is 9.05. The molecule has 0 atom stereocenters. The van der Waals surface area contributed by atoms with Crippen molar-refractivity contribution in [2.24, 2.45) is 0 Å². The van der Waals surface area contributed by atoms with E-state index in [-0.39, 0.29) is 5.97 Å². The molecule has 88 valence electrons. The minimum Gasteiger partial charge on any atom is -0.492 e. The molecule has 0 saturated carbocycles. The summed E-state index contributed by atoms with van der Waals surface area (Å²) < 4.78 is 12.2. The van der Waals surface area contributed by atoms with Crippen LogP contribution in [0.1, 0.15) is 20.3 Å². The molecule has 0 radical (unpaired) electrons. The van der Waals surface area contributed by atoms with E-state index in [4.69, 9.17) is 9.47 Å². The van der Waals surface area contributed by atoms with Gasteiger partial charge in [0.15, 0.2) is 0 Å². The van der Waals surface area contributed by atoms with E-state index in [1.165, 1.54) is 6.92 Å². The van der Waals surface area contributed by atoms with E-state index in [1.54, 1.807) is 6.07 Å². The number of hydrogen-bond acceptors (Lipinski definition) is 3. The van der Waals surface area contributed by atoms with E-state index in [0.29, 0.717) is 12.4 Å². The van der Waals surface area contributed by atoms with Crippen LogP contribution in [0, 0.1) is 3.57 Å². The molecule has 0 saturated heterocycles. The Bertz CT molecular complexity index is 393. The summed E-state index contributed by atoms with van der Waals surface area (Å²) in [5, 5.41) is 0. The maximum Gasteiger partial charge on any atom is 0.308 e. The quantitative estimate of drug-likeness (QED) is 0.440. The summed E-state index contributed by atoms with van der Waals surface area (Å²) >= 11 is 5.49. The van der Waals surface area contributed by atoms with E-state index >= 15 is 0 Å². The summed E-state index contributed by atoms with van der Waals surface area (Å²) in [4.78, 5) is 10.9. The Morgan fingerprint density at radius 3 is 2.69 bits per heavy atom. The Labute approximate surface area is 117 Å². The highest BCUT2D eigenvalue weighted by atomic mass is 127. The third-order valence-corrected chi connectivity index (χ3v) is 3.16. The van der Waals surface area contributed by atoms with Crippen LogP contribution in [0.15, 0.2) is 16.6 Å². The van der Waals surface area contributed by atoms with Crippen LogP contribution in [0.25, 0.3) is 0 Å². The standard InChI is InChI=1S/C11H12BrIO3/c1-3-4-15-10-6-9(13)11(5-8(10)12)16-7(2)14/h5-6H,3-4H2,1-2H3. The monoisotopic (exact) mass is 398 g/mol. The van der Waals surface area contributed by atoms with E-state index in [2.05, 4.69) is 38.5 Å². The number of rotatable bonds is 4. The largest absolute Gasteiger partial charge is 0.492 e. The topological polar surface area (TPSA) is 35.5 Å². The normalized spacial score (nSPS) is 10.0. The lowest BCUT2D eigenvalue weighted by atomic mass is 10.3. The van der Waals surface area contributed by atoms with E-state index in [0.717, 1.165) is 20.2 Å². The molecule has 1 rings (SSSR count). The maximum absolute atomic E-state index is 10.9. The molecule has 0 spiro atoms. The fraction of sp³-hybridized carbons (Fsp3) is 0.364. The Morgan fingerprint density at radius 2 is 2.12 bits per heavy atom. The van der Waals surface area contributed by atoms with Gasteiger partial charge >= 0.3 is 5.97 Å². The average Bonchev–Trinajstić information content (AvgIpc) is 2.20. The molecule has 0 aliphatic rings. The molecule has 0 amide bonds. The van der Waals surface area contributed by atoms with Crippen molar-refractivity contribution in [1.29, 1.82) is 0 Å². The first-order valence-corrected chi connectivity index (χ1v) is 6.72. The second-order valence-electron chi connectivity index (χ2n) is 3.16. The van der Waals surface area contributed by atoms with Crippen LogP contribution >= 0.6 is 38.5 Å². The van der Waals surface area contributed by atoms with Gasteiger partial charge in [-0.05, 0) is 57.1 Å². The molecule has 0 aromatic heterocycles. The smallest absolute Gasteiger partial charge is 0.308 e. The van der Waals surface area contributed by atoms with E-state index < -0.39 is 0 Å². The van der Waals surface area contributed by atoms with Gasteiger partial charge in [-0.25, -0.2) is 0 Å². The van der Waals surface area contributed by atoms with E-state index in [1.807, 2.05) is 13.0 Å². The van der Waals surface area contributed by atoms with Crippen molar-refractivity contribution in [3.63, 3.8) is 0 Å². The van der Waals surface area contributed by atoms with Crippen molar-refractivity contribution >= 4 is 44.5 Å². The van der Waals surface area contributed by atoms with Gasteiger partial charge in [-0.1, -0.05) is 6.92 Å². The third kappa shape index (κ3) is 3.93. The molecule has 0 N–H and O–H groups in total. The fourth-order valence-electron chi connectivity index (χ4n) is 1.07. The second kappa shape index (κ2) is 6.44. The SMILES string of the molecule is CCCOc1cc(I)c(OC(C)=O)cc1Br. The van der Waals surface area contributed by atoms with Crippen molar-refractivity contribution in [2.75, 3.05) is 6.61 Å². The number of halogens is 2. The number of hydrogen-bond donors (Lipinski definition) is 0. The Hall–Kier alpha value is -0.300. The summed E-state index contributed by atoms with van der Waals surface area (Å²) in [7, 11) is 0. The average molecular weight is 399 g/mol. The van der Waals surface area contributed by atoms with Crippen LogP contribution in [0.2, 0.25) is 0 Å². The molecule has 16 heavy (non-hydrogen) atoms. The Morgan fingerprint density at radius 1 is 1.44 bits per heavy atom. The first kappa shape index (κ1) is 13.8. The minimum absolute atomic E-state index is 0.327. The molecule has 1 aromatic rings. The van der Waals surface area contributed by atoms with Crippen molar-refractivity contribution in [3.8, 4) is 11.5 Å². The van der Waals surface area contributed by atoms with Gasteiger partial charge in [0.1, 0.15) is 11.5 Å². The van der Waals surface area contributed by atoms with Gasteiger partial charge in [-0.3, -0.25) is 4.79 Å². The lowest BCUT2D eigenvalue weighted by Gasteiger charge is -2.10. The lowest BCUT2D eigenvalue weighted by molar-refractivity contribution is -0.131. The Balaban J connectivity index is 2.92. The number of carbonyl (C=O) groups is 1. The van der Waals surface area contributed by atoms with Gasteiger partial charge in [0.2, 0.25) is 0 Å². The summed E-state index contributed by atoms with van der Waals surface area (Å²) in [6.45, 7) is 4.10. The number of esters is 1. The van der Waals surface area contributed by atoms with Crippen LogP contribution in [-0.4, -0.2) is 12.6 Å². The molecule has 0 bridgehead atoms. The predicted molar refractivity (Wildman–Crippen MR) is 74.0 cm³/mol. The minimum atomic E-state index is -0.327. The summed E-state index contributed by atoms with van der Waals surface area (Å²) in [6.07, 6.45) is 0.953. The second-order valence-corrected chi connectivity index (χ2v) is 5.17. The molecule has 0 aliphatic carbocycles. The highest BCUT2D eigenvalue weighted by Crippen LogP contribution is 2.34. The summed E-state index contributed by atoms with van der Waals surface area (Å²) in [5.74, 6) is 0.984. The molecule has 0 aliphatic heterocycles. The zero-order chi connectivity index (χ0) is 12.1. The van der Waals surface area contributed by atoms with Crippen LogP contribution in [0.3, 0.4) is 0 Å². The number of carbonyl (C=O) groups excluding carboxylic acids is 1. The first-order valence-electron chi connectivity index (χ1n) is 4.84. The molecule has 0 fully saturated rings. The van der Waals surface area contributed by atoms with Gasteiger partial charge < -0.3 is 9.47 Å². The van der Waals surface area contributed by atoms with Crippen molar-refractivity contribution < 1.29 is 14.3 Å². The van der Waals surface area contributed by atoms with Gasteiger partial charge in [-0.15, -0.1) is 0 Å². The van der Waals surface area contributed by atoms with Crippen LogP contribution in [0.4, 0.5) is 0 Å². The van der Waals surface area contributed by atoms with Gasteiger partial charge in [0, 0.05) is 6.92 Å². The molecule has 0 heterocycles. The molecule has 3 nitrogen and oxygen atoms in total. The summed E-state index contributed by atoms with van der Waals surface area (Å²) in [6, 6.07) is 3.59. The summed E-state index contributed by atoms with van der Waals surface area (Å²) in [5.41, 5.74) is 0. The fourth-order valence-corrected chi connectivity index (χ4v) is 2.05.